The molecule has 0 unspecified atom stereocenters. The van der Waals surface area contributed by atoms with Crippen LogP contribution in [0.3, 0.4) is 0 Å². The summed E-state index contributed by atoms with van der Waals surface area (Å²) in [6.45, 7) is -0.190. The van der Waals surface area contributed by atoms with Crippen LogP contribution in [-0.4, -0.2) is 10.1 Å². The number of halogens is 2. The highest BCUT2D eigenvalue weighted by atomic mass is 19.3. The molecule has 4 nitrogen and oxygen atoms in total. The highest BCUT2D eigenvalue weighted by Gasteiger charge is 2.13. The number of aromatic amines is 1. The average Bonchev–Trinajstić information content (AvgIpc) is 2.03. The van der Waals surface area contributed by atoms with Crippen LogP contribution in [0, 0.1) is 0 Å². The van der Waals surface area contributed by atoms with Gasteiger partial charge >= 0.3 is 0 Å². The van der Waals surface area contributed by atoms with Gasteiger partial charge in [-0.3, -0.25) is 4.79 Å². The average molecular weight is 190 g/mol. The maximum absolute atomic E-state index is 12.1. The lowest BCUT2D eigenvalue weighted by Gasteiger charge is -2.03. The van der Waals surface area contributed by atoms with Gasteiger partial charge in [-0.15, -0.1) is 0 Å². The minimum atomic E-state index is -2.81. The third-order valence-electron chi connectivity index (χ3n) is 1.57. The molecule has 0 saturated carbocycles. The zero-order valence-corrected chi connectivity index (χ0v) is 6.55. The second kappa shape index (κ2) is 3.53. The number of hydrogen-bond acceptors (Lipinski definition) is 3. The van der Waals surface area contributed by atoms with Crippen LogP contribution in [0.4, 0.5) is 8.78 Å². The Bertz CT molecular complexity index is 362. The van der Waals surface area contributed by atoms with Crippen molar-refractivity contribution in [2.24, 2.45) is 5.73 Å². The molecule has 0 aliphatic heterocycles. The Labute approximate surface area is 72.0 Å². The van der Waals surface area contributed by atoms with E-state index in [9.17, 15) is 13.6 Å². The third kappa shape index (κ3) is 1.83. The van der Waals surface area contributed by atoms with Crippen LogP contribution in [0.5, 0.6) is 5.75 Å². The van der Waals surface area contributed by atoms with E-state index in [0.717, 1.165) is 6.07 Å². The smallest absolute Gasteiger partial charge is 0.278 e. The number of aromatic nitrogens is 1. The fraction of sp³-hybridized carbons (Fsp3) is 0.286. The number of hydrogen-bond donors (Lipinski definition) is 3. The quantitative estimate of drug-likeness (QED) is 0.634. The lowest BCUT2D eigenvalue weighted by molar-refractivity contribution is 0.145. The molecule has 0 radical (unpaired) electrons. The summed E-state index contributed by atoms with van der Waals surface area (Å²) >= 11 is 0. The minimum absolute atomic E-state index is 0.0931. The fourth-order valence-corrected chi connectivity index (χ4v) is 0.908. The zero-order chi connectivity index (χ0) is 10.0. The third-order valence-corrected chi connectivity index (χ3v) is 1.57. The molecule has 0 atom stereocenters. The molecule has 1 rings (SSSR count). The van der Waals surface area contributed by atoms with Gasteiger partial charge in [0.05, 0.1) is 11.3 Å². The molecule has 0 aliphatic rings. The number of nitrogens with one attached hydrogen (secondary N) is 1. The summed E-state index contributed by atoms with van der Waals surface area (Å²) in [7, 11) is 0. The van der Waals surface area contributed by atoms with E-state index in [1.54, 1.807) is 0 Å². The van der Waals surface area contributed by atoms with Crippen LogP contribution in [0.15, 0.2) is 10.9 Å². The molecule has 0 aliphatic carbocycles. The molecule has 0 amide bonds. The Morgan fingerprint density at radius 3 is 2.62 bits per heavy atom. The van der Waals surface area contributed by atoms with E-state index in [-0.39, 0.29) is 12.1 Å². The Hall–Kier alpha value is -1.43. The molecule has 1 aromatic heterocycles. The Balaban J connectivity index is 3.29. The van der Waals surface area contributed by atoms with Gasteiger partial charge in [-0.1, -0.05) is 0 Å². The molecule has 13 heavy (non-hydrogen) atoms. The summed E-state index contributed by atoms with van der Waals surface area (Å²) in [5.41, 5.74) is 3.63. The maximum Gasteiger partial charge on any atom is 0.278 e. The number of alkyl halides is 2. The van der Waals surface area contributed by atoms with Gasteiger partial charge in [0, 0.05) is 12.6 Å². The van der Waals surface area contributed by atoms with Gasteiger partial charge in [0.2, 0.25) is 0 Å². The summed E-state index contributed by atoms with van der Waals surface area (Å²) in [6.07, 6.45) is -2.81. The van der Waals surface area contributed by atoms with Crippen molar-refractivity contribution in [1.29, 1.82) is 0 Å². The van der Waals surface area contributed by atoms with Crippen molar-refractivity contribution in [3.63, 3.8) is 0 Å². The lowest BCUT2D eigenvalue weighted by Crippen LogP contribution is -2.17. The lowest BCUT2D eigenvalue weighted by atomic mass is 10.2. The van der Waals surface area contributed by atoms with E-state index < -0.39 is 23.4 Å². The Morgan fingerprint density at radius 2 is 2.23 bits per heavy atom. The van der Waals surface area contributed by atoms with Crippen molar-refractivity contribution in [2.45, 2.75) is 13.0 Å². The predicted octanol–water partition coefficient (Wildman–Crippen LogP) is 0.477. The largest absolute Gasteiger partial charge is 0.507 e. The van der Waals surface area contributed by atoms with Crippen molar-refractivity contribution in [3.8, 4) is 5.75 Å². The zero-order valence-electron chi connectivity index (χ0n) is 6.55. The molecule has 0 aromatic carbocycles. The number of H-pyrrole nitrogens is 1. The summed E-state index contributed by atoms with van der Waals surface area (Å²) in [4.78, 5) is 12.9. The maximum atomic E-state index is 12.1. The first-order valence-electron chi connectivity index (χ1n) is 3.49. The standard InChI is InChI=1S/C7H8F2N2O2/c8-6(9)4-1-5(12)3(2-10)7(13)11-4/h1,6H,2,10H2,(H2,11,12,13). The van der Waals surface area contributed by atoms with Crippen LogP contribution < -0.4 is 11.3 Å². The van der Waals surface area contributed by atoms with E-state index in [0.29, 0.717) is 0 Å². The van der Waals surface area contributed by atoms with Gasteiger partial charge in [0.25, 0.3) is 12.0 Å². The topological polar surface area (TPSA) is 79.1 Å². The molecule has 4 N–H and O–H groups in total. The van der Waals surface area contributed by atoms with Crippen LogP contribution in [-0.2, 0) is 6.54 Å². The van der Waals surface area contributed by atoms with E-state index in [2.05, 4.69) is 0 Å². The van der Waals surface area contributed by atoms with Gasteiger partial charge in [-0.2, -0.15) is 0 Å². The van der Waals surface area contributed by atoms with E-state index in [1.165, 1.54) is 0 Å². The Kier molecular flexibility index (Phi) is 2.62. The van der Waals surface area contributed by atoms with Crippen molar-refractivity contribution < 1.29 is 13.9 Å². The summed E-state index contributed by atoms with van der Waals surface area (Å²) in [5, 5.41) is 9.09. The van der Waals surface area contributed by atoms with Gasteiger partial charge in [0.1, 0.15) is 5.75 Å². The van der Waals surface area contributed by atoms with Gasteiger partial charge in [-0.05, 0) is 0 Å². The van der Waals surface area contributed by atoms with Crippen molar-refractivity contribution >= 4 is 0 Å². The normalized spacial score (nSPS) is 10.8. The summed E-state index contributed by atoms with van der Waals surface area (Å²) in [6, 6.07) is 0.800. The summed E-state index contributed by atoms with van der Waals surface area (Å²) < 4.78 is 24.1. The number of nitrogens with two attached hydrogens (primary N) is 1. The van der Waals surface area contributed by atoms with E-state index >= 15 is 0 Å². The first-order chi connectivity index (χ1) is 6.06. The number of aromatic hydroxyl groups is 1. The monoisotopic (exact) mass is 190 g/mol. The summed E-state index contributed by atoms with van der Waals surface area (Å²) in [5.74, 6) is -0.499. The van der Waals surface area contributed by atoms with Gasteiger partial charge in [-0.25, -0.2) is 8.78 Å². The fourth-order valence-electron chi connectivity index (χ4n) is 0.908. The molecule has 1 heterocycles. The van der Waals surface area contributed by atoms with E-state index in [1.807, 2.05) is 4.98 Å². The highest BCUT2D eigenvalue weighted by molar-refractivity contribution is 5.31. The van der Waals surface area contributed by atoms with Crippen LogP contribution >= 0.6 is 0 Å². The second-order valence-electron chi connectivity index (χ2n) is 2.42. The highest BCUT2D eigenvalue weighted by Crippen LogP contribution is 2.20. The van der Waals surface area contributed by atoms with Crippen LogP contribution in [0.25, 0.3) is 0 Å². The van der Waals surface area contributed by atoms with E-state index in [4.69, 9.17) is 10.8 Å². The molecule has 0 saturated heterocycles. The second-order valence-corrected chi connectivity index (χ2v) is 2.42. The van der Waals surface area contributed by atoms with Crippen LogP contribution in [0.1, 0.15) is 17.7 Å². The number of rotatable bonds is 2. The molecule has 0 bridgehead atoms. The first kappa shape index (κ1) is 9.66. The minimum Gasteiger partial charge on any atom is -0.507 e. The first-order valence-corrected chi connectivity index (χ1v) is 3.49. The van der Waals surface area contributed by atoms with Crippen molar-refractivity contribution in [3.05, 3.63) is 27.7 Å². The molecule has 72 valence electrons. The van der Waals surface area contributed by atoms with Gasteiger partial charge < -0.3 is 15.8 Å². The Morgan fingerprint density at radius 1 is 1.62 bits per heavy atom. The van der Waals surface area contributed by atoms with Crippen molar-refractivity contribution in [1.82, 2.24) is 4.98 Å². The number of pyridine rings is 1. The molecule has 6 heteroatoms. The molecule has 0 fully saturated rings. The predicted molar refractivity (Wildman–Crippen MR) is 41.6 cm³/mol. The van der Waals surface area contributed by atoms with Crippen LogP contribution in [0.2, 0.25) is 0 Å². The van der Waals surface area contributed by atoms with Gasteiger partial charge in [0.15, 0.2) is 0 Å². The molecular weight excluding hydrogens is 182 g/mol. The molecule has 0 spiro atoms. The molecule has 1 aromatic rings. The van der Waals surface area contributed by atoms with Crippen molar-refractivity contribution in [2.75, 3.05) is 0 Å². The molecular formula is C7H8F2N2O2. The SMILES string of the molecule is NCc1c(O)cc(C(F)F)[nH]c1=O.